The number of anilines is 2. The predicted molar refractivity (Wildman–Crippen MR) is 95.3 cm³/mol. The van der Waals surface area contributed by atoms with Gasteiger partial charge in [-0.05, 0) is 43.2 Å². The number of hydrogen-bond acceptors (Lipinski definition) is 2. The van der Waals surface area contributed by atoms with Crippen molar-refractivity contribution >= 4 is 23.3 Å². The normalized spacial score (nSPS) is 14.1. The first-order valence-corrected chi connectivity index (χ1v) is 8.14. The quantitative estimate of drug-likeness (QED) is 0.927. The summed E-state index contributed by atoms with van der Waals surface area (Å²) in [5, 5.41) is 2.84. The third-order valence-corrected chi connectivity index (χ3v) is 4.45. The van der Waals surface area contributed by atoms with E-state index in [2.05, 4.69) is 5.32 Å². The van der Waals surface area contributed by atoms with Gasteiger partial charge in [-0.3, -0.25) is 9.69 Å². The van der Waals surface area contributed by atoms with Crippen LogP contribution in [0.2, 0.25) is 0 Å². The smallest absolute Gasteiger partial charge is 0.324 e. The molecule has 1 N–H and O–H groups in total. The van der Waals surface area contributed by atoms with E-state index in [1.807, 2.05) is 32.0 Å². The molecule has 2 aromatic rings. The van der Waals surface area contributed by atoms with Crippen molar-refractivity contribution in [2.75, 3.05) is 29.9 Å². The Morgan fingerprint density at radius 2 is 1.88 bits per heavy atom. The molecule has 0 saturated carbocycles. The van der Waals surface area contributed by atoms with Crippen molar-refractivity contribution in [2.24, 2.45) is 0 Å². The Kier molecular flexibility index (Phi) is 4.70. The molecule has 1 saturated heterocycles. The second kappa shape index (κ2) is 6.93. The SMILES string of the molecule is Cc1cccc(NC(=O)CN2CCN(c3ccccc3F)C2=O)c1C. The number of aryl methyl sites for hydroxylation is 1. The van der Waals surface area contributed by atoms with Gasteiger partial charge in [-0.2, -0.15) is 0 Å². The van der Waals surface area contributed by atoms with Crippen molar-refractivity contribution in [2.45, 2.75) is 13.8 Å². The number of nitrogens with one attached hydrogen (secondary N) is 1. The summed E-state index contributed by atoms with van der Waals surface area (Å²) in [7, 11) is 0. The van der Waals surface area contributed by atoms with Gasteiger partial charge in [-0.25, -0.2) is 9.18 Å². The number of carbonyl (C=O) groups is 2. The van der Waals surface area contributed by atoms with Crippen LogP contribution in [0, 0.1) is 19.7 Å². The van der Waals surface area contributed by atoms with E-state index in [0.717, 1.165) is 16.8 Å². The molecule has 0 spiro atoms. The first-order chi connectivity index (χ1) is 12.0. The topological polar surface area (TPSA) is 52.7 Å². The molecule has 1 aliphatic heterocycles. The molecular formula is C19H20FN3O2. The van der Waals surface area contributed by atoms with Crippen molar-refractivity contribution in [1.29, 1.82) is 0 Å². The van der Waals surface area contributed by atoms with E-state index in [9.17, 15) is 14.0 Å². The van der Waals surface area contributed by atoms with Gasteiger partial charge in [0, 0.05) is 18.8 Å². The predicted octanol–water partition coefficient (Wildman–Crippen LogP) is 3.32. The van der Waals surface area contributed by atoms with E-state index in [1.165, 1.54) is 15.9 Å². The highest BCUT2D eigenvalue weighted by Crippen LogP contribution is 2.23. The fourth-order valence-electron chi connectivity index (χ4n) is 2.87. The molecule has 130 valence electrons. The van der Waals surface area contributed by atoms with E-state index in [1.54, 1.807) is 18.2 Å². The molecule has 3 amide bonds. The van der Waals surface area contributed by atoms with Crippen LogP contribution in [0.5, 0.6) is 0 Å². The molecule has 0 aliphatic carbocycles. The number of urea groups is 1. The highest BCUT2D eigenvalue weighted by molar-refractivity contribution is 5.99. The molecule has 25 heavy (non-hydrogen) atoms. The summed E-state index contributed by atoms with van der Waals surface area (Å²) in [5.41, 5.74) is 3.06. The highest BCUT2D eigenvalue weighted by atomic mass is 19.1. The van der Waals surface area contributed by atoms with Crippen molar-refractivity contribution in [3.8, 4) is 0 Å². The maximum absolute atomic E-state index is 13.9. The minimum absolute atomic E-state index is 0.0584. The van der Waals surface area contributed by atoms with Crippen LogP contribution in [0.15, 0.2) is 42.5 Å². The van der Waals surface area contributed by atoms with Gasteiger partial charge < -0.3 is 10.2 Å². The van der Waals surface area contributed by atoms with Crippen LogP contribution in [0.4, 0.5) is 20.6 Å². The van der Waals surface area contributed by atoms with Crippen LogP contribution >= 0.6 is 0 Å². The minimum atomic E-state index is -0.447. The van der Waals surface area contributed by atoms with Crippen molar-refractivity contribution in [3.63, 3.8) is 0 Å². The maximum atomic E-state index is 13.9. The van der Waals surface area contributed by atoms with Crippen molar-refractivity contribution < 1.29 is 14.0 Å². The molecule has 5 nitrogen and oxygen atoms in total. The first-order valence-electron chi connectivity index (χ1n) is 8.14. The summed E-state index contributed by atoms with van der Waals surface area (Å²) < 4.78 is 13.9. The van der Waals surface area contributed by atoms with Crippen LogP contribution in [0.1, 0.15) is 11.1 Å². The van der Waals surface area contributed by atoms with Gasteiger partial charge in [-0.1, -0.05) is 24.3 Å². The molecule has 0 radical (unpaired) electrons. The fourth-order valence-corrected chi connectivity index (χ4v) is 2.87. The van der Waals surface area contributed by atoms with Crippen molar-refractivity contribution in [1.82, 2.24) is 4.90 Å². The van der Waals surface area contributed by atoms with E-state index in [0.29, 0.717) is 13.1 Å². The number of hydrogen-bond donors (Lipinski definition) is 1. The Balaban J connectivity index is 1.66. The van der Waals surface area contributed by atoms with Crippen LogP contribution in [-0.4, -0.2) is 36.5 Å². The number of para-hydroxylation sites is 1. The van der Waals surface area contributed by atoms with Crippen LogP contribution in [-0.2, 0) is 4.79 Å². The third-order valence-electron chi connectivity index (χ3n) is 4.45. The van der Waals surface area contributed by atoms with Gasteiger partial charge in [0.25, 0.3) is 0 Å². The van der Waals surface area contributed by atoms with E-state index >= 15 is 0 Å². The van der Waals surface area contributed by atoms with Gasteiger partial charge >= 0.3 is 6.03 Å². The zero-order chi connectivity index (χ0) is 18.0. The number of rotatable bonds is 4. The van der Waals surface area contributed by atoms with Gasteiger partial charge in [-0.15, -0.1) is 0 Å². The van der Waals surface area contributed by atoms with Gasteiger partial charge in [0.1, 0.15) is 12.4 Å². The summed E-state index contributed by atoms with van der Waals surface area (Å²) in [5.74, 6) is -0.713. The third kappa shape index (κ3) is 3.47. The molecule has 3 rings (SSSR count). The summed E-state index contributed by atoms with van der Waals surface area (Å²) in [6.45, 7) is 4.59. The largest absolute Gasteiger partial charge is 0.325 e. The molecule has 1 aliphatic rings. The first kappa shape index (κ1) is 17.0. The van der Waals surface area contributed by atoms with E-state index in [-0.39, 0.29) is 24.2 Å². The molecule has 0 unspecified atom stereocenters. The molecule has 0 bridgehead atoms. The molecule has 1 fully saturated rings. The Labute approximate surface area is 146 Å². The van der Waals surface area contributed by atoms with Crippen molar-refractivity contribution in [3.05, 3.63) is 59.4 Å². The Hall–Kier alpha value is -2.89. The van der Waals surface area contributed by atoms with Gasteiger partial charge in [0.2, 0.25) is 5.91 Å². The lowest BCUT2D eigenvalue weighted by molar-refractivity contribution is -0.116. The zero-order valence-electron chi connectivity index (χ0n) is 14.3. The maximum Gasteiger partial charge on any atom is 0.325 e. The zero-order valence-corrected chi connectivity index (χ0v) is 14.3. The number of benzene rings is 2. The highest BCUT2D eigenvalue weighted by Gasteiger charge is 2.32. The standard InChI is InChI=1S/C19H20FN3O2/c1-13-6-5-8-16(14(13)2)21-18(24)12-22-10-11-23(19(22)25)17-9-4-3-7-15(17)20/h3-9H,10-12H2,1-2H3,(H,21,24). The number of carbonyl (C=O) groups excluding carboxylic acids is 2. The summed E-state index contributed by atoms with van der Waals surface area (Å²) >= 11 is 0. The monoisotopic (exact) mass is 341 g/mol. The van der Waals surface area contributed by atoms with Crippen LogP contribution in [0.3, 0.4) is 0 Å². The lowest BCUT2D eigenvalue weighted by Gasteiger charge is -2.19. The van der Waals surface area contributed by atoms with Crippen LogP contribution in [0.25, 0.3) is 0 Å². The molecule has 1 heterocycles. The van der Waals surface area contributed by atoms with E-state index in [4.69, 9.17) is 0 Å². The minimum Gasteiger partial charge on any atom is -0.324 e. The second-order valence-electron chi connectivity index (χ2n) is 6.10. The molecule has 2 aromatic carbocycles. The second-order valence-corrected chi connectivity index (χ2v) is 6.10. The average molecular weight is 341 g/mol. The molecule has 6 heteroatoms. The lowest BCUT2D eigenvalue weighted by atomic mass is 10.1. The molecule has 0 atom stereocenters. The molecular weight excluding hydrogens is 321 g/mol. The Morgan fingerprint density at radius 3 is 2.64 bits per heavy atom. The fraction of sp³-hybridized carbons (Fsp3) is 0.263. The lowest BCUT2D eigenvalue weighted by Crippen LogP contribution is -2.37. The van der Waals surface area contributed by atoms with Gasteiger partial charge in [0.05, 0.1) is 5.69 Å². The number of halogens is 1. The van der Waals surface area contributed by atoms with E-state index < -0.39 is 5.82 Å². The Bertz CT molecular complexity index is 822. The summed E-state index contributed by atoms with van der Waals surface area (Å²) in [6.07, 6.45) is 0. The Morgan fingerprint density at radius 1 is 1.12 bits per heavy atom. The summed E-state index contributed by atoms with van der Waals surface area (Å²) in [4.78, 5) is 27.5. The van der Waals surface area contributed by atoms with Gasteiger partial charge in [0.15, 0.2) is 0 Å². The molecule has 0 aromatic heterocycles. The average Bonchev–Trinajstić information content (AvgIpc) is 2.93. The van der Waals surface area contributed by atoms with Crippen LogP contribution < -0.4 is 10.2 Å². The summed E-state index contributed by atoms with van der Waals surface area (Å²) in [6, 6.07) is 11.5. The number of nitrogens with zero attached hydrogens (tertiary/aromatic N) is 2. The number of amides is 3.